The molecule has 2 fully saturated rings. The van der Waals surface area contributed by atoms with Crippen molar-refractivity contribution in [2.24, 2.45) is 5.92 Å². The first-order valence-corrected chi connectivity index (χ1v) is 7.25. The summed E-state index contributed by atoms with van der Waals surface area (Å²) in [7, 11) is 0. The number of benzene rings is 1. The normalized spacial score (nSPS) is 27.9. The van der Waals surface area contributed by atoms with Crippen LogP contribution in [0.15, 0.2) is 18.2 Å². The van der Waals surface area contributed by atoms with Crippen molar-refractivity contribution in [2.45, 2.75) is 30.6 Å². The zero-order valence-electron chi connectivity index (χ0n) is 11.4. The van der Waals surface area contributed by atoms with Crippen molar-refractivity contribution in [3.8, 4) is 0 Å². The molecule has 0 aromatic heterocycles. The maximum absolute atomic E-state index is 14.1. The lowest BCUT2D eigenvalue weighted by molar-refractivity contribution is -0.385. The summed E-state index contributed by atoms with van der Waals surface area (Å²) in [6.45, 7) is 0. The van der Waals surface area contributed by atoms with Gasteiger partial charge >= 0.3 is 0 Å². The third-order valence-corrected chi connectivity index (χ3v) is 4.91. The summed E-state index contributed by atoms with van der Waals surface area (Å²) in [5.41, 5.74) is -0.728. The van der Waals surface area contributed by atoms with E-state index >= 15 is 0 Å². The van der Waals surface area contributed by atoms with E-state index in [0.29, 0.717) is 18.9 Å². The van der Waals surface area contributed by atoms with E-state index in [1.807, 2.05) is 0 Å². The molecule has 2 unspecified atom stereocenters. The predicted molar refractivity (Wildman–Crippen MR) is 76.1 cm³/mol. The van der Waals surface area contributed by atoms with E-state index in [0.717, 1.165) is 29.9 Å². The fourth-order valence-corrected chi connectivity index (χ4v) is 3.59. The van der Waals surface area contributed by atoms with Gasteiger partial charge in [-0.2, -0.15) is 0 Å². The van der Waals surface area contributed by atoms with Crippen LogP contribution in [0.2, 0.25) is 0 Å². The molecule has 22 heavy (non-hydrogen) atoms. The molecule has 2 amide bonds. The Kier molecular flexibility index (Phi) is 3.40. The van der Waals surface area contributed by atoms with E-state index in [4.69, 9.17) is 11.6 Å². The van der Waals surface area contributed by atoms with Crippen molar-refractivity contribution in [1.29, 1.82) is 0 Å². The molecule has 0 spiro atoms. The Labute approximate surface area is 130 Å². The molecule has 2 aliphatic rings. The topological polar surface area (TPSA) is 80.5 Å². The lowest BCUT2D eigenvalue weighted by Crippen LogP contribution is -2.40. The molecular formula is C14H12ClFN2O4. The molecule has 3 rings (SSSR count). The van der Waals surface area contributed by atoms with E-state index in [1.165, 1.54) is 0 Å². The van der Waals surface area contributed by atoms with Gasteiger partial charge in [0.25, 0.3) is 11.6 Å². The van der Waals surface area contributed by atoms with Crippen molar-refractivity contribution in [2.75, 3.05) is 4.90 Å². The number of imide groups is 1. The van der Waals surface area contributed by atoms with Crippen molar-refractivity contribution in [3.63, 3.8) is 0 Å². The number of nitrogens with zero attached hydrogens (tertiary/aromatic N) is 2. The molecule has 0 radical (unpaired) electrons. The first-order chi connectivity index (χ1) is 10.4. The number of hydrogen-bond acceptors (Lipinski definition) is 4. The van der Waals surface area contributed by atoms with E-state index in [9.17, 15) is 24.1 Å². The van der Waals surface area contributed by atoms with E-state index in [1.54, 1.807) is 0 Å². The Bertz CT molecular complexity index is 695. The second-order valence-corrected chi connectivity index (χ2v) is 6.21. The molecule has 0 bridgehead atoms. The summed E-state index contributed by atoms with van der Waals surface area (Å²) in [4.78, 5) is 34.3. The fourth-order valence-electron chi connectivity index (χ4n) is 3.17. The quantitative estimate of drug-likeness (QED) is 0.362. The first kappa shape index (κ1) is 14.9. The molecule has 116 valence electrons. The largest absolute Gasteiger partial charge is 0.274 e. The number of nitro groups is 1. The number of non-ortho nitro benzene ring substituents is 1. The number of anilines is 1. The summed E-state index contributed by atoms with van der Waals surface area (Å²) >= 11 is 6.35. The number of alkyl halides is 1. The van der Waals surface area contributed by atoms with Gasteiger partial charge < -0.3 is 0 Å². The number of carbonyl (C=O) groups is 2. The van der Waals surface area contributed by atoms with Gasteiger partial charge in [0.15, 0.2) is 5.82 Å². The van der Waals surface area contributed by atoms with Crippen molar-refractivity contribution in [3.05, 3.63) is 34.1 Å². The number of halogens is 2. The highest BCUT2D eigenvalue weighted by atomic mass is 35.5. The minimum absolute atomic E-state index is 0.282. The summed E-state index contributed by atoms with van der Waals surface area (Å²) in [6.07, 6.45) is 2.37. The van der Waals surface area contributed by atoms with Crippen LogP contribution in [0.25, 0.3) is 0 Å². The summed E-state index contributed by atoms with van der Waals surface area (Å²) in [6, 6.07) is 2.82. The van der Waals surface area contributed by atoms with E-state index < -0.39 is 39.0 Å². The van der Waals surface area contributed by atoms with Gasteiger partial charge in [0, 0.05) is 6.07 Å². The Morgan fingerprint density at radius 3 is 2.68 bits per heavy atom. The third kappa shape index (κ3) is 1.99. The standard InChI is InChI=1S/C14H12ClFN2O4/c15-14-6-2-1-3-9(14)12(19)17(13(14)20)11-5-4-8(18(21)22)7-10(11)16/h4-5,7,9H,1-3,6H2. The molecule has 1 aliphatic carbocycles. The first-order valence-electron chi connectivity index (χ1n) is 6.87. The Hall–Kier alpha value is -2.02. The number of carbonyl (C=O) groups excluding carboxylic acids is 2. The van der Waals surface area contributed by atoms with Crippen LogP contribution in [-0.4, -0.2) is 21.6 Å². The molecule has 1 aromatic rings. The Morgan fingerprint density at radius 1 is 1.36 bits per heavy atom. The SMILES string of the molecule is O=C1C2CCCCC2(Cl)C(=O)N1c1ccc([N+](=O)[O-])cc1F. The number of rotatable bonds is 2. The minimum Gasteiger partial charge on any atom is -0.274 e. The zero-order chi connectivity index (χ0) is 16.1. The number of fused-ring (bicyclic) bond motifs is 1. The van der Waals surface area contributed by atoms with Gasteiger partial charge in [-0.05, 0) is 18.9 Å². The molecule has 1 aromatic carbocycles. The average molecular weight is 327 g/mol. The van der Waals surface area contributed by atoms with Gasteiger partial charge in [0.05, 0.1) is 22.6 Å². The summed E-state index contributed by atoms with van der Waals surface area (Å²) in [5.74, 6) is -2.83. The Morgan fingerprint density at radius 2 is 2.09 bits per heavy atom. The van der Waals surface area contributed by atoms with Crippen LogP contribution in [0.3, 0.4) is 0 Å². The van der Waals surface area contributed by atoms with Crippen LogP contribution < -0.4 is 4.90 Å². The highest BCUT2D eigenvalue weighted by Gasteiger charge is 2.59. The molecule has 1 saturated carbocycles. The molecule has 8 heteroatoms. The van der Waals surface area contributed by atoms with E-state index in [-0.39, 0.29) is 5.69 Å². The van der Waals surface area contributed by atoms with Crippen LogP contribution in [-0.2, 0) is 9.59 Å². The van der Waals surface area contributed by atoms with Gasteiger partial charge in [0.2, 0.25) is 5.91 Å². The molecule has 1 saturated heterocycles. The number of amides is 2. The second-order valence-electron chi connectivity index (χ2n) is 5.53. The maximum atomic E-state index is 14.1. The zero-order valence-corrected chi connectivity index (χ0v) is 12.2. The molecule has 1 aliphatic heterocycles. The Balaban J connectivity index is 2.03. The summed E-state index contributed by atoms with van der Waals surface area (Å²) in [5, 5.41) is 10.6. The predicted octanol–water partition coefficient (Wildman–Crippen LogP) is 2.77. The monoisotopic (exact) mass is 326 g/mol. The van der Waals surface area contributed by atoms with Gasteiger partial charge in [-0.25, -0.2) is 9.29 Å². The van der Waals surface area contributed by atoms with Gasteiger partial charge in [-0.15, -0.1) is 11.6 Å². The molecular weight excluding hydrogens is 315 g/mol. The van der Waals surface area contributed by atoms with Crippen molar-refractivity contribution < 1.29 is 18.9 Å². The lowest BCUT2D eigenvalue weighted by atomic mass is 9.80. The van der Waals surface area contributed by atoms with Crippen LogP contribution in [0.5, 0.6) is 0 Å². The van der Waals surface area contributed by atoms with Crippen LogP contribution in [0, 0.1) is 21.8 Å². The maximum Gasteiger partial charge on any atom is 0.272 e. The smallest absolute Gasteiger partial charge is 0.272 e. The van der Waals surface area contributed by atoms with Gasteiger partial charge in [-0.3, -0.25) is 19.7 Å². The fraction of sp³-hybridized carbons (Fsp3) is 0.429. The minimum atomic E-state index is -1.32. The van der Waals surface area contributed by atoms with E-state index in [2.05, 4.69) is 0 Å². The summed E-state index contributed by atoms with van der Waals surface area (Å²) < 4.78 is 14.1. The molecule has 1 heterocycles. The highest BCUT2D eigenvalue weighted by Crippen LogP contribution is 2.47. The highest BCUT2D eigenvalue weighted by molar-refractivity contribution is 6.45. The lowest BCUT2D eigenvalue weighted by Gasteiger charge is -2.28. The molecule has 2 atom stereocenters. The number of hydrogen-bond donors (Lipinski definition) is 0. The van der Waals surface area contributed by atoms with Gasteiger partial charge in [0.1, 0.15) is 4.87 Å². The third-order valence-electron chi connectivity index (χ3n) is 4.30. The van der Waals surface area contributed by atoms with Crippen LogP contribution in [0.4, 0.5) is 15.8 Å². The molecule has 6 nitrogen and oxygen atoms in total. The van der Waals surface area contributed by atoms with Crippen LogP contribution in [0.1, 0.15) is 25.7 Å². The second kappa shape index (κ2) is 5.01. The van der Waals surface area contributed by atoms with Crippen molar-refractivity contribution >= 4 is 34.8 Å². The average Bonchev–Trinajstić information content (AvgIpc) is 2.67. The number of nitro benzene ring substituents is 1. The van der Waals surface area contributed by atoms with Gasteiger partial charge in [-0.1, -0.05) is 12.8 Å². The molecule has 0 N–H and O–H groups in total. The van der Waals surface area contributed by atoms with Crippen molar-refractivity contribution in [1.82, 2.24) is 0 Å². The van der Waals surface area contributed by atoms with Crippen LogP contribution >= 0.6 is 11.6 Å².